The van der Waals surface area contributed by atoms with Gasteiger partial charge in [-0.15, -0.1) is 0 Å². The molecule has 0 radical (unpaired) electrons. The minimum atomic E-state index is -0.0179. The second-order valence-electron chi connectivity index (χ2n) is 6.34. The maximum atomic E-state index is 11.7. The summed E-state index contributed by atoms with van der Waals surface area (Å²) >= 11 is 0. The first-order valence-corrected chi connectivity index (χ1v) is 9.15. The molecule has 1 aliphatic carbocycles. The molecule has 1 saturated carbocycles. The molecule has 1 amide bonds. The highest BCUT2D eigenvalue weighted by molar-refractivity contribution is 5.92. The summed E-state index contributed by atoms with van der Waals surface area (Å²) in [7, 11) is 0. The van der Waals surface area contributed by atoms with Crippen LogP contribution in [0.5, 0.6) is 0 Å². The van der Waals surface area contributed by atoms with Crippen LogP contribution in [0.15, 0.2) is 29.5 Å². The molecule has 2 rings (SSSR count). The van der Waals surface area contributed by atoms with Crippen molar-refractivity contribution in [3.05, 3.63) is 24.5 Å². The van der Waals surface area contributed by atoms with E-state index in [4.69, 9.17) is 10.6 Å². The number of guanidine groups is 1. The first kappa shape index (κ1) is 19.2. The van der Waals surface area contributed by atoms with Gasteiger partial charge < -0.3 is 11.1 Å². The molecule has 1 aromatic rings. The number of aromatic nitrogens is 1. The number of unbranched alkanes of at least 4 members (excludes halogenated alkanes) is 3. The number of hydrogen-bond donors (Lipinski definition) is 3. The average molecular weight is 347 g/mol. The highest BCUT2D eigenvalue weighted by Gasteiger charge is 2.16. The van der Waals surface area contributed by atoms with Crippen LogP contribution in [0.2, 0.25) is 0 Å². The van der Waals surface area contributed by atoms with Crippen molar-refractivity contribution in [1.29, 1.82) is 0 Å². The largest absolute Gasteiger partial charge is 0.370 e. The Balaban J connectivity index is 1.44. The second kappa shape index (κ2) is 11.4. The van der Waals surface area contributed by atoms with Crippen LogP contribution in [0.4, 0.5) is 5.69 Å². The summed E-state index contributed by atoms with van der Waals surface area (Å²) in [4.78, 5) is 25.3. The van der Waals surface area contributed by atoms with Gasteiger partial charge in [0.2, 0.25) is 5.91 Å². The van der Waals surface area contributed by atoms with Crippen molar-refractivity contribution in [2.24, 2.45) is 10.7 Å². The third-order valence-corrected chi connectivity index (χ3v) is 4.19. The quantitative estimate of drug-likeness (QED) is 0.261. The molecule has 0 atom stereocenters. The van der Waals surface area contributed by atoms with Crippen molar-refractivity contribution in [2.45, 2.75) is 63.9 Å². The molecule has 0 aliphatic heterocycles. The molecule has 138 valence electrons. The standard InChI is InChI=1S/C18H29N5O2/c19-18(22-15-10-13-20-14-11-15)21-12-6-2-1-3-9-17(24)23-25-16-7-4-5-8-16/h10-11,13-14,16H,1-9,12H2,(H,23,24)(H3,19,20,21,22). The maximum absolute atomic E-state index is 11.7. The van der Waals surface area contributed by atoms with E-state index < -0.39 is 0 Å². The van der Waals surface area contributed by atoms with Crippen molar-refractivity contribution < 1.29 is 9.63 Å². The molecule has 1 fully saturated rings. The molecule has 1 aromatic heterocycles. The fourth-order valence-corrected chi connectivity index (χ4v) is 2.78. The molecular formula is C18H29N5O2. The van der Waals surface area contributed by atoms with Crippen LogP contribution in [0.3, 0.4) is 0 Å². The Morgan fingerprint density at radius 1 is 1.20 bits per heavy atom. The Morgan fingerprint density at radius 3 is 2.68 bits per heavy atom. The summed E-state index contributed by atoms with van der Waals surface area (Å²) < 4.78 is 0. The number of amides is 1. The number of nitrogens with two attached hydrogens (primary N) is 1. The van der Waals surface area contributed by atoms with E-state index in [1.807, 2.05) is 12.1 Å². The third-order valence-electron chi connectivity index (χ3n) is 4.19. The summed E-state index contributed by atoms with van der Waals surface area (Å²) in [5.74, 6) is 0.394. The van der Waals surface area contributed by atoms with Crippen LogP contribution in [-0.2, 0) is 9.63 Å². The number of carbonyl (C=O) groups excluding carboxylic acids is 1. The van der Waals surface area contributed by atoms with Crippen molar-refractivity contribution >= 4 is 17.6 Å². The molecule has 7 nitrogen and oxygen atoms in total. The van der Waals surface area contributed by atoms with Crippen LogP contribution in [-0.4, -0.2) is 29.5 Å². The molecule has 0 spiro atoms. The van der Waals surface area contributed by atoms with Gasteiger partial charge in [-0.25, -0.2) is 5.48 Å². The predicted octanol–water partition coefficient (Wildman–Crippen LogP) is 2.75. The third kappa shape index (κ3) is 8.49. The number of rotatable bonds is 10. The molecule has 1 heterocycles. The first-order chi connectivity index (χ1) is 12.2. The molecule has 0 bridgehead atoms. The van der Waals surface area contributed by atoms with Crippen LogP contribution < -0.4 is 16.5 Å². The highest BCUT2D eigenvalue weighted by atomic mass is 16.7. The van der Waals surface area contributed by atoms with Gasteiger partial charge >= 0.3 is 0 Å². The minimum absolute atomic E-state index is 0.0179. The lowest BCUT2D eigenvalue weighted by Gasteiger charge is -2.11. The van der Waals surface area contributed by atoms with Crippen LogP contribution in [0, 0.1) is 0 Å². The number of hydroxylamine groups is 1. The molecular weight excluding hydrogens is 318 g/mol. The zero-order valence-electron chi connectivity index (χ0n) is 14.7. The van der Waals surface area contributed by atoms with Crippen LogP contribution >= 0.6 is 0 Å². The van der Waals surface area contributed by atoms with E-state index in [9.17, 15) is 4.79 Å². The first-order valence-electron chi connectivity index (χ1n) is 9.15. The Kier molecular flexibility index (Phi) is 8.75. The van der Waals surface area contributed by atoms with Crippen LogP contribution in [0.1, 0.15) is 57.8 Å². The molecule has 25 heavy (non-hydrogen) atoms. The fourth-order valence-electron chi connectivity index (χ4n) is 2.78. The van der Waals surface area contributed by atoms with Crippen LogP contribution in [0.25, 0.3) is 0 Å². The number of anilines is 1. The van der Waals surface area contributed by atoms with E-state index in [1.54, 1.807) is 12.4 Å². The highest BCUT2D eigenvalue weighted by Crippen LogP contribution is 2.19. The average Bonchev–Trinajstić information content (AvgIpc) is 3.13. The summed E-state index contributed by atoms with van der Waals surface area (Å²) in [5.41, 5.74) is 9.27. The van der Waals surface area contributed by atoms with Gasteiger partial charge in [0.15, 0.2) is 5.96 Å². The maximum Gasteiger partial charge on any atom is 0.243 e. The Bertz CT molecular complexity index is 530. The number of hydrogen-bond acceptors (Lipinski definition) is 4. The van der Waals surface area contributed by atoms with Crippen molar-refractivity contribution in [1.82, 2.24) is 10.5 Å². The minimum Gasteiger partial charge on any atom is -0.370 e. The monoisotopic (exact) mass is 347 g/mol. The Hall–Kier alpha value is -2.15. The number of pyridine rings is 1. The summed E-state index contributed by atoms with van der Waals surface area (Å²) in [6.45, 7) is 0.681. The van der Waals surface area contributed by atoms with E-state index in [0.717, 1.165) is 44.2 Å². The lowest BCUT2D eigenvalue weighted by molar-refractivity contribution is -0.138. The lowest BCUT2D eigenvalue weighted by atomic mass is 10.1. The van der Waals surface area contributed by atoms with Gasteiger partial charge in [-0.3, -0.25) is 19.6 Å². The Morgan fingerprint density at radius 2 is 1.92 bits per heavy atom. The van der Waals surface area contributed by atoms with Gasteiger partial charge in [0.1, 0.15) is 0 Å². The van der Waals surface area contributed by atoms with Gasteiger partial charge in [-0.2, -0.15) is 0 Å². The molecule has 0 unspecified atom stereocenters. The SMILES string of the molecule is NC(=NCCCCCCC(=O)NOC1CCCC1)Nc1ccncc1. The molecule has 1 aliphatic rings. The molecule has 7 heteroatoms. The second-order valence-corrected chi connectivity index (χ2v) is 6.34. The number of nitrogens with zero attached hydrogens (tertiary/aromatic N) is 2. The molecule has 0 saturated heterocycles. The topological polar surface area (TPSA) is 102 Å². The van der Waals surface area contributed by atoms with E-state index >= 15 is 0 Å². The van der Waals surface area contributed by atoms with Gasteiger partial charge in [0.05, 0.1) is 6.10 Å². The predicted molar refractivity (Wildman–Crippen MR) is 98.9 cm³/mol. The van der Waals surface area contributed by atoms with Gasteiger partial charge in [-0.1, -0.05) is 25.7 Å². The summed E-state index contributed by atoms with van der Waals surface area (Å²) in [5, 5.41) is 3.02. The number of carbonyl (C=O) groups is 1. The normalized spacial score (nSPS) is 15.3. The smallest absolute Gasteiger partial charge is 0.243 e. The van der Waals surface area contributed by atoms with Crippen molar-refractivity contribution in [3.8, 4) is 0 Å². The van der Waals surface area contributed by atoms with Crippen molar-refractivity contribution in [3.63, 3.8) is 0 Å². The van der Waals surface area contributed by atoms with E-state index in [1.165, 1.54) is 12.8 Å². The van der Waals surface area contributed by atoms with E-state index in [-0.39, 0.29) is 12.0 Å². The number of aliphatic imine (C=N–C) groups is 1. The fraction of sp³-hybridized carbons (Fsp3) is 0.611. The summed E-state index contributed by atoms with van der Waals surface area (Å²) in [6, 6.07) is 3.67. The Labute approximate surface area is 149 Å². The molecule has 0 aromatic carbocycles. The zero-order valence-corrected chi connectivity index (χ0v) is 14.7. The zero-order chi connectivity index (χ0) is 17.7. The lowest BCUT2D eigenvalue weighted by Crippen LogP contribution is -2.28. The van der Waals surface area contributed by atoms with E-state index in [2.05, 4.69) is 20.8 Å². The van der Waals surface area contributed by atoms with Gasteiger partial charge in [0.25, 0.3) is 0 Å². The van der Waals surface area contributed by atoms with Gasteiger partial charge in [-0.05, 0) is 37.8 Å². The summed E-state index contributed by atoms with van der Waals surface area (Å²) in [6.07, 6.45) is 12.5. The van der Waals surface area contributed by atoms with Crippen molar-refractivity contribution in [2.75, 3.05) is 11.9 Å². The number of nitrogens with one attached hydrogen (secondary N) is 2. The molecule has 4 N–H and O–H groups in total. The van der Waals surface area contributed by atoms with E-state index in [0.29, 0.717) is 18.9 Å². The van der Waals surface area contributed by atoms with Gasteiger partial charge in [0, 0.05) is 31.0 Å².